The predicted octanol–water partition coefficient (Wildman–Crippen LogP) is 1.02. The molecule has 0 amide bonds. The van der Waals surface area contributed by atoms with Crippen LogP contribution in [-0.4, -0.2) is 27.9 Å². The largest absolute Gasteiger partial charge is 0.481 e. The molecule has 0 unspecified atom stereocenters. The van der Waals surface area contributed by atoms with Gasteiger partial charge < -0.3 is 10.2 Å². The zero-order chi connectivity index (χ0) is 12.7. The molecule has 0 aliphatic carbocycles. The minimum atomic E-state index is -1.91. The highest BCUT2D eigenvalue weighted by atomic mass is 17.7. The molecule has 1 saturated heterocycles. The van der Waals surface area contributed by atoms with Gasteiger partial charge in [0.15, 0.2) is 0 Å². The molecule has 1 fully saturated rings. The van der Waals surface area contributed by atoms with Crippen molar-refractivity contribution < 1.29 is 39.7 Å². The number of unbranched alkanes of at least 4 members (excludes halogenated alkanes) is 3. The molecule has 0 atom stereocenters. The summed E-state index contributed by atoms with van der Waals surface area (Å²) in [6.45, 7) is 0. The van der Waals surface area contributed by atoms with Crippen molar-refractivity contribution in [1.82, 2.24) is 0 Å². The third-order valence-corrected chi connectivity index (χ3v) is 2.34. The number of carbonyl (C=O) groups is 2. The average Bonchev–Trinajstić information content (AvgIpc) is 2.72. The van der Waals surface area contributed by atoms with Crippen molar-refractivity contribution in [2.24, 2.45) is 0 Å². The van der Waals surface area contributed by atoms with Crippen molar-refractivity contribution in [2.75, 3.05) is 0 Å². The molecule has 0 spiro atoms. The van der Waals surface area contributed by atoms with Gasteiger partial charge in [0.1, 0.15) is 0 Å². The maximum atomic E-state index is 10.8. The van der Waals surface area contributed by atoms with E-state index in [2.05, 4.69) is 19.9 Å². The second-order valence-electron chi connectivity index (χ2n) is 3.67. The fourth-order valence-corrected chi connectivity index (χ4v) is 1.40. The first-order valence-corrected chi connectivity index (χ1v) is 5.22. The molecule has 8 nitrogen and oxygen atoms in total. The van der Waals surface area contributed by atoms with E-state index in [0.717, 1.165) is 0 Å². The SMILES string of the molecule is O=C(O)CCCCCCC1(C(=O)O)OOOO1. The van der Waals surface area contributed by atoms with E-state index in [0.29, 0.717) is 25.7 Å². The van der Waals surface area contributed by atoms with Crippen LogP contribution in [0.3, 0.4) is 0 Å². The molecule has 8 heteroatoms. The Morgan fingerprint density at radius 1 is 0.941 bits per heavy atom. The van der Waals surface area contributed by atoms with Crippen molar-refractivity contribution >= 4 is 11.9 Å². The molecule has 1 rings (SSSR count). The highest BCUT2D eigenvalue weighted by molar-refractivity contribution is 5.75. The standard InChI is InChI=1S/C9H14O8/c10-7(11)5-3-1-2-4-6-9(8(12)13)14-16-17-15-9/h1-6H2,(H,10,11)(H,12,13). The summed E-state index contributed by atoms with van der Waals surface area (Å²) in [5.74, 6) is -4.08. The van der Waals surface area contributed by atoms with Crippen LogP contribution in [0.5, 0.6) is 0 Å². The van der Waals surface area contributed by atoms with Crippen molar-refractivity contribution in [2.45, 2.75) is 44.3 Å². The van der Waals surface area contributed by atoms with Gasteiger partial charge >= 0.3 is 17.7 Å². The highest BCUT2D eigenvalue weighted by Gasteiger charge is 2.49. The van der Waals surface area contributed by atoms with Gasteiger partial charge in [-0.3, -0.25) is 4.79 Å². The molecule has 0 saturated carbocycles. The summed E-state index contributed by atoms with van der Waals surface area (Å²) in [5, 5.41) is 25.2. The number of carboxylic acid groups (broad SMARTS) is 2. The molecular formula is C9H14O8. The number of hydrogen-bond acceptors (Lipinski definition) is 6. The van der Waals surface area contributed by atoms with Gasteiger partial charge in [0.2, 0.25) is 0 Å². The molecule has 1 aliphatic heterocycles. The number of aliphatic carboxylic acids is 2. The summed E-state index contributed by atoms with van der Waals surface area (Å²) in [6.07, 6.45) is 2.61. The Kier molecular flexibility index (Phi) is 5.29. The summed E-state index contributed by atoms with van der Waals surface area (Å²) in [7, 11) is 0. The van der Waals surface area contributed by atoms with Gasteiger partial charge in [0, 0.05) is 12.8 Å². The normalized spacial score (nSPS) is 18.1. The molecule has 0 radical (unpaired) electrons. The second kappa shape index (κ2) is 6.50. The third-order valence-electron chi connectivity index (χ3n) is 2.34. The summed E-state index contributed by atoms with van der Waals surface area (Å²) < 4.78 is 0. The van der Waals surface area contributed by atoms with Crippen LogP contribution in [-0.2, 0) is 29.4 Å². The van der Waals surface area contributed by atoms with E-state index in [1.165, 1.54) is 0 Å². The maximum Gasteiger partial charge on any atom is 0.370 e. The average molecular weight is 250 g/mol. The van der Waals surface area contributed by atoms with Crippen LogP contribution in [0.2, 0.25) is 0 Å². The fraction of sp³-hybridized carbons (Fsp3) is 0.778. The quantitative estimate of drug-likeness (QED) is 0.485. The number of rotatable bonds is 8. The summed E-state index contributed by atoms with van der Waals surface area (Å²) in [6, 6.07) is 0. The Morgan fingerprint density at radius 2 is 1.53 bits per heavy atom. The highest BCUT2D eigenvalue weighted by Crippen LogP contribution is 2.28. The topological polar surface area (TPSA) is 112 Å². The third kappa shape index (κ3) is 4.27. The lowest BCUT2D eigenvalue weighted by atomic mass is 10.1. The fourth-order valence-electron chi connectivity index (χ4n) is 1.40. The smallest absolute Gasteiger partial charge is 0.370 e. The van der Waals surface area contributed by atoms with E-state index in [9.17, 15) is 9.59 Å². The van der Waals surface area contributed by atoms with Crippen LogP contribution in [0.4, 0.5) is 0 Å². The van der Waals surface area contributed by atoms with Crippen molar-refractivity contribution in [1.29, 1.82) is 0 Å². The van der Waals surface area contributed by atoms with E-state index in [1.54, 1.807) is 0 Å². The van der Waals surface area contributed by atoms with Gasteiger partial charge in [-0.15, -0.1) is 0 Å². The van der Waals surface area contributed by atoms with Crippen LogP contribution in [0, 0.1) is 0 Å². The lowest BCUT2D eigenvalue weighted by Gasteiger charge is -2.15. The van der Waals surface area contributed by atoms with Crippen LogP contribution >= 0.6 is 0 Å². The molecule has 98 valence electrons. The monoisotopic (exact) mass is 250 g/mol. The first-order valence-electron chi connectivity index (χ1n) is 5.22. The lowest BCUT2D eigenvalue weighted by molar-refractivity contribution is -0.532. The van der Waals surface area contributed by atoms with Gasteiger partial charge in [-0.2, -0.15) is 9.78 Å². The molecule has 0 bridgehead atoms. The first kappa shape index (κ1) is 13.8. The van der Waals surface area contributed by atoms with Crippen LogP contribution < -0.4 is 0 Å². The number of hydrogen-bond donors (Lipinski definition) is 2. The lowest BCUT2D eigenvalue weighted by Crippen LogP contribution is -2.39. The van der Waals surface area contributed by atoms with E-state index in [1.807, 2.05) is 0 Å². The zero-order valence-electron chi connectivity index (χ0n) is 9.09. The Labute approximate surface area is 96.8 Å². The summed E-state index contributed by atoms with van der Waals surface area (Å²) in [5.41, 5.74) is 0. The van der Waals surface area contributed by atoms with Crippen molar-refractivity contribution in [3.8, 4) is 0 Å². The molecule has 0 aromatic carbocycles. The maximum absolute atomic E-state index is 10.8. The van der Waals surface area contributed by atoms with E-state index >= 15 is 0 Å². The molecular weight excluding hydrogens is 236 g/mol. The zero-order valence-corrected chi connectivity index (χ0v) is 9.09. The summed E-state index contributed by atoms with van der Waals surface area (Å²) >= 11 is 0. The van der Waals surface area contributed by atoms with Gasteiger partial charge in [-0.1, -0.05) is 12.8 Å². The molecule has 0 aromatic rings. The van der Waals surface area contributed by atoms with Crippen molar-refractivity contribution in [3.05, 3.63) is 0 Å². The minimum absolute atomic E-state index is 0.0649. The van der Waals surface area contributed by atoms with E-state index < -0.39 is 17.7 Å². The van der Waals surface area contributed by atoms with E-state index in [4.69, 9.17) is 10.2 Å². The Balaban J connectivity index is 2.16. The Morgan fingerprint density at radius 3 is 2.06 bits per heavy atom. The Bertz CT molecular complexity index is 270. The van der Waals surface area contributed by atoms with Crippen LogP contribution in [0.15, 0.2) is 0 Å². The number of carboxylic acids is 2. The molecule has 17 heavy (non-hydrogen) atoms. The van der Waals surface area contributed by atoms with Crippen LogP contribution in [0.1, 0.15) is 38.5 Å². The Hall–Kier alpha value is -1.22. The first-order chi connectivity index (χ1) is 8.07. The van der Waals surface area contributed by atoms with Gasteiger partial charge in [-0.25, -0.2) is 4.79 Å². The van der Waals surface area contributed by atoms with Crippen LogP contribution in [0.25, 0.3) is 0 Å². The molecule has 2 N–H and O–H groups in total. The minimum Gasteiger partial charge on any atom is -0.481 e. The predicted molar refractivity (Wildman–Crippen MR) is 50.0 cm³/mol. The van der Waals surface area contributed by atoms with Crippen molar-refractivity contribution in [3.63, 3.8) is 0 Å². The molecule has 1 heterocycles. The molecule has 0 aromatic heterocycles. The van der Waals surface area contributed by atoms with Gasteiger partial charge in [0.05, 0.1) is 0 Å². The van der Waals surface area contributed by atoms with Gasteiger partial charge in [-0.05, 0) is 22.9 Å². The summed E-state index contributed by atoms with van der Waals surface area (Å²) in [4.78, 5) is 29.9. The molecule has 1 aliphatic rings. The van der Waals surface area contributed by atoms with Gasteiger partial charge in [0.25, 0.3) is 0 Å². The second-order valence-corrected chi connectivity index (χ2v) is 3.67. The van der Waals surface area contributed by atoms with E-state index in [-0.39, 0.29) is 12.8 Å².